The molecule has 0 aromatic heterocycles. The van der Waals surface area contributed by atoms with E-state index in [1.165, 1.54) is 18.4 Å². The molecule has 2 nitrogen and oxygen atoms in total. The Morgan fingerprint density at radius 3 is 3.08 bits per heavy atom. The van der Waals surface area contributed by atoms with Gasteiger partial charge in [-0.2, -0.15) is 0 Å². The van der Waals surface area contributed by atoms with E-state index < -0.39 is 0 Å². The van der Waals surface area contributed by atoms with Crippen LogP contribution in [0.15, 0.2) is 12.2 Å². The van der Waals surface area contributed by atoms with Crippen LogP contribution in [-0.4, -0.2) is 26.8 Å². The molecule has 0 spiro atoms. The maximum absolute atomic E-state index is 5.40. The zero-order valence-corrected chi connectivity index (χ0v) is 7.94. The lowest BCUT2D eigenvalue weighted by atomic mass is 9.95. The van der Waals surface area contributed by atoms with Crippen molar-refractivity contribution in [3.05, 3.63) is 12.2 Å². The first-order chi connectivity index (χ1) is 5.83. The average Bonchev–Trinajstić information content (AvgIpc) is 2.06. The number of hydrogen-bond acceptors (Lipinski definition) is 2. The molecule has 1 saturated heterocycles. The van der Waals surface area contributed by atoms with Crippen molar-refractivity contribution in [1.29, 1.82) is 0 Å². The summed E-state index contributed by atoms with van der Waals surface area (Å²) >= 11 is 0. The minimum atomic E-state index is 0.722. The van der Waals surface area contributed by atoms with Gasteiger partial charge in [-0.3, -0.25) is 0 Å². The van der Waals surface area contributed by atoms with Crippen LogP contribution < -0.4 is 5.32 Å². The molecule has 1 aliphatic rings. The highest BCUT2D eigenvalue weighted by Gasteiger charge is 2.14. The third kappa shape index (κ3) is 3.37. The monoisotopic (exact) mass is 169 g/mol. The lowest BCUT2D eigenvalue weighted by Gasteiger charge is -2.22. The van der Waals surface area contributed by atoms with Crippen LogP contribution in [0.3, 0.4) is 0 Å². The summed E-state index contributed by atoms with van der Waals surface area (Å²) in [7, 11) is 1.96. The van der Waals surface area contributed by atoms with E-state index in [0.29, 0.717) is 0 Å². The van der Waals surface area contributed by atoms with Crippen LogP contribution in [0, 0.1) is 5.92 Å². The molecular weight excluding hydrogens is 150 g/mol. The first-order valence-electron chi connectivity index (χ1n) is 4.72. The highest BCUT2D eigenvalue weighted by molar-refractivity contribution is 4.98. The van der Waals surface area contributed by atoms with Gasteiger partial charge in [-0.05, 0) is 32.2 Å². The van der Waals surface area contributed by atoms with Crippen molar-refractivity contribution in [2.24, 2.45) is 5.92 Å². The van der Waals surface area contributed by atoms with Crippen LogP contribution in [0.25, 0.3) is 0 Å². The predicted molar refractivity (Wildman–Crippen MR) is 51.2 cm³/mol. The van der Waals surface area contributed by atoms with Crippen LogP contribution in [0.4, 0.5) is 0 Å². The summed E-state index contributed by atoms with van der Waals surface area (Å²) in [5.41, 5.74) is 1.30. The Balaban J connectivity index is 2.15. The van der Waals surface area contributed by atoms with Gasteiger partial charge in [0.25, 0.3) is 0 Å². The van der Waals surface area contributed by atoms with E-state index in [1.54, 1.807) is 0 Å². The zero-order chi connectivity index (χ0) is 8.81. The molecule has 1 aliphatic heterocycles. The second kappa shape index (κ2) is 5.33. The Morgan fingerprint density at radius 2 is 2.50 bits per heavy atom. The van der Waals surface area contributed by atoms with Gasteiger partial charge in [0.2, 0.25) is 0 Å². The van der Waals surface area contributed by atoms with Crippen molar-refractivity contribution in [3.8, 4) is 0 Å². The van der Waals surface area contributed by atoms with E-state index in [-0.39, 0.29) is 0 Å². The van der Waals surface area contributed by atoms with Crippen molar-refractivity contribution in [2.75, 3.05) is 26.8 Å². The van der Waals surface area contributed by atoms with Crippen molar-refractivity contribution >= 4 is 0 Å². The fourth-order valence-electron chi connectivity index (χ4n) is 1.70. The molecule has 0 aliphatic carbocycles. The van der Waals surface area contributed by atoms with Gasteiger partial charge in [0.1, 0.15) is 0 Å². The molecule has 0 aromatic rings. The van der Waals surface area contributed by atoms with Gasteiger partial charge in [-0.15, -0.1) is 0 Å². The Morgan fingerprint density at radius 1 is 1.67 bits per heavy atom. The summed E-state index contributed by atoms with van der Waals surface area (Å²) in [6, 6.07) is 0. The number of rotatable bonds is 4. The smallest absolute Gasteiger partial charge is 0.0497 e. The molecule has 0 aromatic carbocycles. The second-order valence-electron chi connectivity index (χ2n) is 3.57. The number of nitrogens with one attached hydrogen (secondary N) is 1. The predicted octanol–water partition coefficient (Wildman–Crippen LogP) is 1.58. The van der Waals surface area contributed by atoms with Crippen molar-refractivity contribution in [3.63, 3.8) is 0 Å². The van der Waals surface area contributed by atoms with Crippen molar-refractivity contribution < 1.29 is 4.74 Å². The number of hydrogen-bond donors (Lipinski definition) is 1. The lowest BCUT2D eigenvalue weighted by molar-refractivity contribution is 0.0549. The van der Waals surface area contributed by atoms with Gasteiger partial charge < -0.3 is 10.1 Å². The SMILES string of the molecule is C=C(CNC)CC1CCCOC1. The lowest BCUT2D eigenvalue weighted by Crippen LogP contribution is -2.20. The van der Waals surface area contributed by atoms with E-state index in [2.05, 4.69) is 11.9 Å². The normalized spacial score (nSPS) is 23.9. The van der Waals surface area contributed by atoms with Crippen LogP contribution in [0.2, 0.25) is 0 Å². The Kier molecular flexibility index (Phi) is 4.33. The molecule has 0 radical (unpaired) electrons. The summed E-state index contributed by atoms with van der Waals surface area (Å²) in [6.45, 7) is 6.85. The molecule has 0 bridgehead atoms. The molecule has 1 N–H and O–H groups in total. The summed E-state index contributed by atoms with van der Waals surface area (Å²) in [4.78, 5) is 0. The van der Waals surface area contributed by atoms with E-state index in [0.717, 1.165) is 32.1 Å². The molecule has 0 saturated carbocycles. The van der Waals surface area contributed by atoms with Crippen LogP contribution in [0.5, 0.6) is 0 Å². The Bertz CT molecular complexity index is 139. The van der Waals surface area contributed by atoms with E-state index in [4.69, 9.17) is 4.74 Å². The molecule has 2 heteroatoms. The summed E-state index contributed by atoms with van der Waals surface area (Å²) in [5, 5.41) is 3.12. The maximum Gasteiger partial charge on any atom is 0.0497 e. The topological polar surface area (TPSA) is 21.3 Å². The van der Waals surface area contributed by atoms with Gasteiger partial charge in [-0.25, -0.2) is 0 Å². The number of ether oxygens (including phenoxy) is 1. The third-order valence-electron chi connectivity index (χ3n) is 2.26. The Labute approximate surface area is 75.0 Å². The molecular formula is C10H19NO. The van der Waals surface area contributed by atoms with E-state index >= 15 is 0 Å². The quantitative estimate of drug-likeness (QED) is 0.645. The Hall–Kier alpha value is -0.340. The van der Waals surface area contributed by atoms with E-state index in [9.17, 15) is 0 Å². The van der Waals surface area contributed by atoms with Gasteiger partial charge in [0.15, 0.2) is 0 Å². The van der Waals surface area contributed by atoms with Gasteiger partial charge >= 0.3 is 0 Å². The molecule has 1 unspecified atom stereocenters. The molecule has 1 heterocycles. The summed E-state index contributed by atoms with van der Waals surface area (Å²) in [5.74, 6) is 0.722. The molecule has 1 rings (SSSR count). The molecule has 0 amide bonds. The van der Waals surface area contributed by atoms with Gasteiger partial charge in [-0.1, -0.05) is 12.2 Å². The fourth-order valence-corrected chi connectivity index (χ4v) is 1.70. The largest absolute Gasteiger partial charge is 0.381 e. The molecule has 70 valence electrons. The van der Waals surface area contributed by atoms with Crippen molar-refractivity contribution in [1.82, 2.24) is 5.32 Å². The third-order valence-corrected chi connectivity index (χ3v) is 2.26. The first kappa shape index (κ1) is 9.75. The molecule has 1 atom stereocenters. The zero-order valence-electron chi connectivity index (χ0n) is 7.94. The van der Waals surface area contributed by atoms with Gasteiger partial charge in [0, 0.05) is 19.8 Å². The number of likely N-dealkylation sites (N-methyl/N-ethyl adjacent to an activating group) is 1. The fraction of sp³-hybridized carbons (Fsp3) is 0.800. The van der Waals surface area contributed by atoms with Crippen LogP contribution in [0.1, 0.15) is 19.3 Å². The highest BCUT2D eigenvalue weighted by atomic mass is 16.5. The van der Waals surface area contributed by atoms with E-state index in [1.807, 2.05) is 7.05 Å². The summed E-state index contributed by atoms with van der Waals surface area (Å²) < 4.78 is 5.40. The van der Waals surface area contributed by atoms with Gasteiger partial charge in [0.05, 0.1) is 0 Å². The maximum atomic E-state index is 5.40. The average molecular weight is 169 g/mol. The van der Waals surface area contributed by atoms with Crippen LogP contribution in [-0.2, 0) is 4.74 Å². The molecule has 12 heavy (non-hydrogen) atoms. The minimum Gasteiger partial charge on any atom is -0.381 e. The second-order valence-corrected chi connectivity index (χ2v) is 3.57. The standard InChI is InChI=1S/C10H19NO/c1-9(7-11-2)6-10-4-3-5-12-8-10/h10-11H,1,3-8H2,2H3. The van der Waals surface area contributed by atoms with Crippen molar-refractivity contribution in [2.45, 2.75) is 19.3 Å². The summed E-state index contributed by atoms with van der Waals surface area (Å²) in [6.07, 6.45) is 3.65. The highest BCUT2D eigenvalue weighted by Crippen LogP contribution is 2.19. The first-order valence-corrected chi connectivity index (χ1v) is 4.72. The van der Waals surface area contributed by atoms with Crippen LogP contribution >= 0.6 is 0 Å². The minimum absolute atomic E-state index is 0.722. The molecule has 1 fully saturated rings.